The van der Waals surface area contributed by atoms with E-state index < -0.39 is 0 Å². The zero-order chi connectivity index (χ0) is 13.8. The van der Waals surface area contributed by atoms with Crippen molar-refractivity contribution in [2.24, 2.45) is 0 Å². The lowest BCUT2D eigenvalue weighted by Crippen LogP contribution is -2.31. The summed E-state index contributed by atoms with van der Waals surface area (Å²) < 4.78 is 0.981. The van der Waals surface area contributed by atoms with E-state index in [-0.39, 0.29) is 23.1 Å². The lowest BCUT2D eigenvalue weighted by atomic mass is 10.1. The highest BCUT2D eigenvalue weighted by molar-refractivity contribution is 9.10. The number of aromatic nitrogens is 1. The molecule has 98 valence electrons. The number of amides is 1. The molecule has 1 atom stereocenters. The molecular formula is C14H13BrN2O2. The second kappa shape index (κ2) is 5.84. The number of H-pyrrole nitrogens is 1. The van der Waals surface area contributed by atoms with Gasteiger partial charge in [-0.15, -0.1) is 0 Å². The van der Waals surface area contributed by atoms with Crippen molar-refractivity contribution in [3.05, 3.63) is 68.5 Å². The van der Waals surface area contributed by atoms with E-state index in [9.17, 15) is 9.59 Å². The Bertz CT molecular complexity index is 634. The fraction of sp³-hybridized carbons (Fsp3) is 0.143. The van der Waals surface area contributed by atoms with Crippen LogP contribution in [0, 0.1) is 0 Å². The Morgan fingerprint density at radius 1 is 1.26 bits per heavy atom. The summed E-state index contributed by atoms with van der Waals surface area (Å²) in [6.07, 6.45) is 1.50. The van der Waals surface area contributed by atoms with E-state index in [1.807, 2.05) is 31.2 Å². The van der Waals surface area contributed by atoms with Crippen LogP contribution in [-0.4, -0.2) is 10.9 Å². The fourth-order valence-corrected chi connectivity index (χ4v) is 1.97. The van der Waals surface area contributed by atoms with E-state index in [0.717, 1.165) is 10.0 Å². The lowest BCUT2D eigenvalue weighted by molar-refractivity contribution is 0.0938. The Morgan fingerprint density at radius 3 is 2.58 bits per heavy atom. The van der Waals surface area contributed by atoms with Crippen LogP contribution in [0.4, 0.5) is 0 Å². The third-order valence-corrected chi connectivity index (χ3v) is 3.31. The number of hydrogen-bond donors (Lipinski definition) is 2. The minimum Gasteiger partial charge on any atom is -0.345 e. The van der Waals surface area contributed by atoms with Crippen LogP contribution in [0.5, 0.6) is 0 Å². The molecular weight excluding hydrogens is 308 g/mol. The maximum absolute atomic E-state index is 12.0. The first-order chi connectivity index (χ1) is 9.08. The summed E-state index contributed by atoms with van der Waals surface area (Å²) in [6.45, 7) is 1.87. The van der Waals surface area contributed by atoms with Gasteiger partial charge in [0.05, 0.1) is 6.04 Å². The summed E-state index contributed by atoms with van der Waals surface area (Å²) in [4.78, 5) is 26.0. The topological polar surface area (TPSA) is 62.0 Å². The van der Waals surface area contributed by atoms with Crippen LogP contribution in [0.25, 0.3) is 0 Å². The van der Waals surface area contributed by atoms with E-state index >= 15 is 0 Å². The molecule has 19 heavy (non-hydrogen) atoms. The van der Waals surface area contributed by atoms with Crippen LogP contribution in [0.2, 0.25) is 0 Å². The molecule has 0 aliphatic rings. The summed E-state index contributed by atoms with van der Waals surface area (Å²) in [6, 6.07) is 10.6. The fourth-order valence-electron chi connectivity index (χ4n) is 1.71. The average molecular weight is 321 g/mol. The third kappa shape index (κ3) is 3.32. The van der Waals surface area contributed by atoms with Crippen molar-refractivity contribution >= 4 is 21.8 Å². The first-order valence-corrected chi connectivity index (χ1v) is 6.61. The summed E-state index contributed by atoms with van der Waals surface area (Å²) in [5, 5.41) is 2.80. The van der Waals surface area contributed by atoms with Gasteiger partial charge in [-0.25, -0.2) is 0 Å². The van der Waals surface area contributed by atoms with Crippen molar-refractivity contribution in [2.45, 2.75) is 13.0 Å². The van der Waals surface area contributed by atoms with Crippen LogP contribution in [0.3, 0.4) is 0 Å². The molecule has 0 bridgehead atoms. The van der Waals surface area contributed by atoms with Gasteiger partial charge in [0.25, 0.3) is 11.5 Å². The molecule has 1 aromatic heterocycles. The van der Waals surface area contributed by atoms with E-state index in [4.69, 9.17) is 0 Å². The molecule has 4 nitrogen and oxygen atoms in total. The number of carbonyl (C=O) groups is 1. The first-order valence-electron chi connectivity index (χ1n) is 5.82. The molecule has 1 amide bonds. The Balaban J connectivity index is 2.13. The van der Waals surface area contributed by atoms with Gasteiger partial charge < -0.3 is 10.3 Å². The van der Waals surface area contributed by atoms with Crippen LogP contribution in [0.15, 0.2) is 51.9 Å². The van der Waals surface area contributed by atoms with Crippen LogP contribution >= 0.6 is 15.9 Å². The molecule has 5 heteroatoms. The van der Waals surface area contributed by atoms with Gasteiger partial charge in [0.1, 0.15) is 5.56 Å². The monoisotopic (exact) mass is 320 g/mol. The second-order valence-electron chi connectivity index (χ2n) is 4.16. The van der Waals surface area contributed by atoms with E-state index in [1.165, 1.54) is 12.3 Å². The van der Waals surface area contributed by atoms with E-state index in [1.54, 1.807) is 6.07 Å². The van der Waals surface area contributed by atoms with Gasteiger partial charge in [-0.2, -0.15) is 0 Å². The summed E-state index contributed by atoms with van der Waals surface area (Å²) in [5.41, 5.74) is 0.707. The molecule has 0 saturated heterocycles. The van der Waals surface area contributed by atoms with Gasteiger partial charge in [0.15, 0.2) is 0 Å². The summed E-state index contributed by atoms with van der Waals surface area (Å²) in [5.74, 6) is -0.378. The molecule has 0 saturated carbocycles. The number of hydrogen-bond acceptors (Lipinski definition) is 2. The van der Waals surface area contributed by atoms with Gasteiger partial charge in [-0.3, -0.25) is 9.59 Å². The van der Waals surface area contributed by atoms with Crippen molar-refractivity contribution in [3.8, 4) is 0 Å². The third-order valence-electron chi connectivity index (χ3n) is 2.78. The SMILES string of the molecule is C[C@@H](NC(=O)c1ccc[nH]c1=O)c1ccc(Br)cc1. The zero-order valence-electron chi connectivity index (χ0n) is 10.3. The standard InChI is InChI=1S/C14H13BrN2O2/c1-9(10-4-6-11(15)7-5-10)17-14(19)12-3-2-8-16-13(12)18/h2-9H,1H3,(H,16,18)(H,17,19)/t9-/m1/s1. The molecule has 2 rings (SSSR count). The molecule has 0 aliphatic carbocycles. The molecule has 0 radical (unpaired) electrons. The van der Waals surface area contributed by atoms with Crippen LogP contribution in [-0.2, 0) is 0 Å². The molecule has 0 unspecified atom stereocenters. The summed E-state index contributed by atoms with van der Waals surface area (Å²) >= 11 is 3.36. The van der Waals surface area contributed by atoms with Crippen LogP contribution < -0.4 is 10.9 Å². The highest BCUT2D eigenvalue weighted by atomic mass is 79.9. The predicted molar refractivity (Wildman–Crippen MR) is 77.1 cm³/mol. The molecule has 0 aliphatic heterocycles. The number of halogens is 1. The van der Waals surface area contributed by atoms with Gasteiger partial charge in [0, 0.05) is 10.7 Å². The first kappa shape index (κ1) is 13.5. The maximum Gasteiger partial charge on any atom is 0.260 e. The second-order valence-corrected chi connectivity index (χ2v) is 5.08. The normalized spacial score (nSPS) is 11.9. The van der Waals surface area contributed by atoms with Gasteiger partial charge in [0.2, 0.25) is 0 Å². The van der Waals surface area contributed by atoms with Gasteiger partial charge >= 0.3 is 0 Å². The minimum absolute atomic E-state index is 0.117. The quantitative estimate of drug-likeness (QED) is 0.913. The highest BCUT2D eigenvalue weighted by Crippen LogP contribution is 2.16. The Hall–Kier alpha value is -1.88. The minimum atomic E-state index is -0.386. The molecule has 2 aromatic rings. The molecule has 1 heterocycles. The number of carbonyl (C=O) groups excluding carboxylic acids is 1. The van der Waals surface area contributed by atoms with Gasteiger partial charge in [-0.05, 0) is 36.8 Å². The molecule has 0 spiro atoms. The predicted octanol–water partition coefficient (Wildman–Crippen LogP) is 2.63. The van der Waals surface area contributed by atoms with Gasteiger partial charge in [-0.1, -0.05) is 28.1 Å². The number of rotatable bonds is 3. The van der Waals surface area contributed by atoms with Crippen molar-refractivity contribution in [1.82, 2.24) is 10.3 Å². The largest absolute Gasteiger partial charge is 0.345 e. The number of pyridine rings is 1. The average Bonchev–Trinajstić information content (AvgIpc) is 2.39. The Kier molecular flexibility index (Phi) is 4.16. The van der Waals surface area contributed by atoms with E-state index in [2.05, 4.69) is 26.2 Å². The summed E-state index contributed by atoms with van der Waals surface area (Å²) in [7, 11) is 0. The molecule has 1 aromatic carbocycles. The molecule has 2 N–H and O–H groups in total. The van der Waals surface area contributed by atoms with E-state index in [0.29, 0.717) is 0 Å². The maximum atomic E-state index is 12.0. The van der Waals surface area contributed by atoms with Crippen molar-refractivity contribution in [2.75, 3.05) is 0 Å². The Morgan fingerprint density at radius 2 is 1.95 bits per heavy atom. The van der Waals surface area contributed by atoms with Crippen LogP contribution in [0.1, 0.15) is 28.9 Å². The van der Waals surface area contributed by atoms with Crippen molar-refractivity contribution in [1.29, 1.82) is 0 Å². The Labute approximate surface area is 119 Å². The number of benzene rings is 1. The molecule has 0 fully saturated rings. The highest BCUT2D eigenvalue weighted by Gasteiger charge is 2.13. The zero-order valence-corrected chi connectivity index (χ0v) is 11.9. The smallest absolute Gasteiger partial charge is 0.260 e. The number of nitrogens with one attached hydrogen (secondary N) is 2. The van der Waals surface area contributed by atoms with Crippen molar-refractivity contribution < 1.29 is 4.79 Å². The lowest BCUT2D eigenvalue weighted by Gasteiger charge is -2.14. The van der Waals surface area contributed by atoms with Crippen molar-refractivity contribution in [3.63, 3.8) is 0 Å². The number of aromatic amines is 1.